The second kappa shape index (κ2) is 6.16. The average molecular weight is 279 g/mol. The van der Waals surface area contributed by atoms with Crippen LogP contribution < -0.4 is 0 Å². The van der Waals surface area contributed by atoms with Gasteiger partial charge in [0.05, 0.1) is 28.6 Å². The van der Waals surface area contributed by atoms with Gasteiger partial charge in [-0.15, -0.1) is 0 Å². The number of aliphatic carboxylic acids is 1. The molecular formula is C10H15ClN2O3S. The quantitative estimate of drug-likeness (QED) is 0.858. The fourth-order valence-electron chi connectivity index (χ4n) is 1.43. The third-order valence-electron chi connectivity index (χ3n) is 2.29. The summed E-state index contributed by atoms with van der Waals surface area (Å²) < 4.78 is 13.4. The Kier molecular flexibility index (Phi) is 5.14. The number of hydrogen-bond acceptors (Lipinski definition) is 3. The first-order valence-electron chi connectivity index (χ1n) is 5.24. The summed E-state index contributed by atoms with van der Waals surface area (Å²) in [7, 11) is -1.23. The molecule has 7 heteroatoms. The van der Waals surface area contributed by atoms with E-state index in [0.29, 0.717) is 17.3 Å². The largest absolute Gasteiger partial charge is 0.481 e. The Morgan fingerprint density at radius 2 is 2.24 bits per heavy atom. The molecule has 0 radical (unpaired) electrons. The maximum Gasteiger partial charge on any atom is 0.304 e. The topological polar surface area (TPSA) is 72.2 Å². The lowest BCUT2D eigenvalue weighted by Gasteiger charge is -2.04. The van der Waals surface area contributed by atoms with E-state index in [1.807, 2.05) is 6.92 Å². The Balaban J connectivity index is 2.73. The Morgan fingerprint density at radius 1 is 1.59 bits per heavy atom. The van der Waals surface area contributed by atoms with E-state index < -0.39 is 16.8 Å². The van der Waals surface area contributed by atoms with Crippen LogP contribution in [0.5, 0.6) is 0 Å². The van der Waals surface area contributed by atoms with E-state index >= 15 is 0 Å². The maximum absolute atomic E-state index is 11.7. The van der Waals surface area contributed by atoms with E-state index in [-0.39, 0.29) is 17.9 Å². The highest BCUT2D eigenvalue weighted by Gasteiger charge is 2.15. The minimum absolute atomic E-state index is 0.0938. The van der Waals surface area contributed by atoms with Crippen molar-refractivity contribution in [1.82, 2.24) is 9.78 Å². The highest BCUT2D eigenvalue weighted by molar-refractivity contribution is 7.84. The molecule has 1 rings (SSSR count). The molecule has 96 valence electrons. The van der Waals surface area contributed by atoms with Gasteiger partial charge in [-0.1, -0.05) is 11.6 Å². The molecule has 0 aromatic carbocycles. The van der Waals surface area contributed by atoms with Crippen LogP contribution in [0.1, 0.15) is 24.7 Å². The fraction of sp³-hybridized carbons (Fsp3) is 0.600. The second-order valence-electron chi connectivity index (χ2n) is 3.59. The third kappa shape index (κ3) is 3.81. The number of rotatable bonds is 6. The summed E-state index contributed by atoms with van der Waals surface area (Å²) in [5, 5.41) is 13.2. The third-order valence-corrected chi connectivity index (χ3v) is 4.04. The highest BCUT2D eigenvalue weighted by atomic mass is 35.5. The van der Waals surface area contributed by atoms with Crippen molar-refractivity contribution in [3.8, 4) is 0 Å². The van der Waals surface area contributed by atoms with Gasteiger partial charge >= 0.3 is 5.97 Å². The predicted octanol–water partition coefficient (Wildman–Crippen LogP) is 1.59. The van der Waals surface area contributed by atoms with Gasteiger partial charge in [0.15, 0.2) is 0 Å². The van der Waals surface area contributed by atoms with E-state index in [1.54, 1.807) is 11.6 Å². The number of nitrogens with zero attached hydrogens (tertiary/aromatic N) is 2. The predicted molar refractivity (Wildman–Crippen MR) is 66.6 cm³/mol. The van der Waals surface area contributed by atoms with Gasteiger partial charge in [0, 0.05) is 23.1 Å². The van der Waals surface area contributed by atoms with E-state index in [0.717, 1.165) is 5.69 Å². The summed E-state index contributed by atoms with van der Waals surface area (Å²) in [5.41, 5.74) is 1.43. The van der Waals surface area contributed by atoms with Gasteiger partial charge in [-0.2, -0.15) is 5.10 Å². The molecule has 0 saturated heterocycles. The summed E-state index contributed by atoms with van der Waals surface area (Å²) in [6, 6.07) is 0. The van der Waals surface area contributed by atoms with Crippen molar-refractivity contribution in [1.29, 1.82) is 0 Å². The molecule has 1 unspecified atom stereocenters. The maximum atomic E-state index is 11.7. The number of hydrogen-bond donors (Lipinski definition) is 1. The Hall–Kier alpha value is -0.880. The molecule has 1 aromatic heterocycles. The van der Waals surface area contributed by atoms with Gasteiger partial charge in [-0.3, -0.25) is 13.7 Å². The molecule has 5 nitrogen and oxygen atoms in total. The molecule has 0 aliphatic carbocycles. The molecule has 1 aromatic rings. The van der Waals surface area contributed by atoms with Gasteiger partial charge in [0.1, 0.15) is 0 Å². The molecule has 0 fully saturated rings. The summed E-state index contributed by atoms with van der Waals surface area (Å²) >= 11 is 6.07. The van der Waals surface area contributed by atoms with Crippen LogP contribution >= 0.6 is 11.6 Å². The van der Waals surface area contributed by atoms with Gasteiger partial charge in [-0.25, -0.2) is 0 Å². The minimum Gasteiger partial charge on any atom is -0.481 e. The molecular weight excluding hydrogens is 264 g/mol. The van der Waals surface area contributed by atoms with Gasteiger partial charge in [0.2, 0.25) is 0 Å². The lowest BCUT2D eigenvalue weighted by molar-refractivity contribution is -0.136. The van der Waals surface area contributed by atoms with E-state index in [9.17, 15) is 9.00 Å². The van der Waals surface area contributed by atoms with Crippen molar-refractivity contribution in [2.24, 2.45) is 0 Å². The zero-order chi connectivity index (χ0) is 13.0. The van der Waals surface area contributed by atoms with Crippen molar-refractivity contribution < 1.29 is 14.1 Å². The molecule has 0 aliphatic rings. The molecule has 0 aliphatic heterocycles. The van der Waals surface area contributed by atoms with Crippen molar-refractivity contribution in [2.45, 2.75) is 32.6 Å². The summed E-state index contributed by atoms with van der Waals surface area (Å²) in [4.78, 5) is 10.4. The van der Waals surface area contributed by atoms with E-state index in [2.05, 4.69) is 5.10 Å². The van der Waals surface area contributed by atoms with Crippen LogP contribution in [-0.4, -0.2) is 30.8 Å². The SMILES string of the molecule is CCn1nc(C)c(Cl)c1CS(=O)CCC(=O)O. The molecule has 0 spiro atoms. The van der Waals surface area contributed by atoms with Crippen molar-refractivity contribution in [2.75, 3.05) is 5.75 Å². The molecule has 0 saturated carbocycles. The zero-order valence-electron chi connectivity index (χ0n) is 9.77. The van der Waals surface area contributed by atoms with Crippen LogP contribution in [0.4, 0.5) is 0 Å². The van der Waals surface area contributed by atoms with E-state index in [4.69, 9.17) is 16.7 Å². The number of aryl methyl sites for hydroxylation is 2. The van der Waals surface area contributed by atoms with Crippen LogP contribution in [-0.2, 0) is 27.9 Å². The van der Waals surface area contributed by atoms with Crippen molar-refractivity contribution in [3.05, 3.63) is 16.4 Å². The number of carboxylic acid groups (broad SMARTS) is 1. The Bertz CT molecular complexity index is 445. The summed E-state index contributed by atoms with van der Waals surface area (Å²) in [6.45, 7) is 4.36. The van der Waals surface area contributed by atoms with Crippen molar-refractivity contribution >= 4 is 28.4 Å². The fourth-order valence-corrected chi connectivity index (χ4v) is 2.86. The van der Waals surface area contributed by atoms with Crippen molar-refractivity contribution in [3.63, 3.8) is 0 Å². The van der Waals surface area contributed by atoms with Crippen LogP contribution in [0.15, 0.2) is 0 Å². The van der Waals surface area contributed by atoms with Gasteiger partial charge in [0.25, 0.3) is 0 Å². The van der Waals surface area contributed by atoms with Crippen LogP contribution in [0.25, 0.3) is 0 Å². The lowest BCUT2D eigenvalue weighted by Crippen LogP contribution is -2.10. The highest BCUT2D eigenvalue weighted by Crippen LogP contribution is 2.21. The second-order valence-corrected chi connectivity index (χ2v) is 5.55. The summed E-state index contributed by atoms with van der Waals surface area (Å²) in [5.74, 6) is -0.551. The molecule has 1 atom stereocenters. The molecule has 0 bridgehead atoms. The molecule has 17 heavy (non-hydrogen) atoms. The lowest BCUT2D eigenvalue weighted by atomic mass is 10.4. The first kappa shape index (κ1) is 14.2. The van der Waals surface area contributed by atoms with Crippen LogP contribution in [0, 0.1) is 6.92 Å². The van der Waals surface area contributed by atoms with Gasteiger partial charge in [-0.05, 0) is 13.8 Å². The Morgan fingerprint density at radius 3 is 2.76 bits per heavy atom. The summed E-state index contributed by atoms with van der Waals surface area (Å²) in [6.07, 6.45) is -0.0938. The standard InChI is InChI=1S/C10H15ClN2O3S/c1-3-13-8(10(11)7(2)12-13)6-17(16)5-4-9(14)15/h3-6H2,1-2H3,(H,14,15). The van der Waals surface area contributed by atoms with Crippen LogP contribution in [0.3, 0.4) is 0 Å². The number of carboxylic acids is 1. The average Bonchev–Trinajstić information content (AvgIpc) is 2.54. The van der Waals surface area contributed by atoms with E-state index in [1.165, 1.54) is 0 Å². The molecule has 1 N–H and O–H groups in total. The first-order valence-corrected chi connectivity index (χ1v) is 7.10. The normalized spacial score (nSPS) is 12.6. The Labute approximate surface area is 107 Å². The number of carbonyl (C=O) groups is 1. The zero-order valence-corrected chi connectivity index (χ0v) is 11.3. The van der Waals surface area contributed by atoms with Gasteiger partial charge < -0.3 is 5.11 Å². The smallest absolute Gasteiger partial charge is 0.304 e. The minimum atomic E-state index is -1.23. The monoisotopic (exact) mass is 278 g/mol. The van der Waals surface area contributed by atoms with Crippen LogP contribution in [0.2, 0.25) is 5.02 Å². The number of halogens is 1. The number of aromatic nitrogens is 2. The molecule has 1 heterocycles. The molecule has 0 amide bonds. The first-order chi connectivity index (χ1) is 7.95.